The number of rotatable bonds is 3. The van der Waals surface area contributed by atoms with E-state index in [1.54, 1.807) is 11.3 Å². The summed E-state index contributed by atoms with van der Waals surface area (Å²) in [5.74, 6) is 0. The van der Waals surface area contributed by atoms with E-state index in [0.29, 0.717) is 0 Å². The molecule has 1 N–H and O–H groups in total. The van der Waals surface area contributed by atoms with E-state index < -0.39 is 10.0 Å². The Morgan fingerprint density at radius 2 is 2.08 bits per heavy atom. The summed E-state index contributed by atoms with van der Waals surface area (Å²) < 4.78 is 24.4. The van der Waals surface area contributed by atoms with Crippen LogP contribution in [0.5, 0.6) is 0 Å². The summed E-state index contributed by atoms with van der Waals surface area (Å²) in [6.07, 6.45) is 1.17. The second-order valence-corrected chi connectivity index (χ2v) is 6.16. The Balaban J connectivity index is 2.75. The number of nitrogens with one attached hydrogen (secondary N) is 1. The molecule has 0 saturated heterocycles. The van der Waals surface area contributed by atoms with Crippen molar-refractivity contribution in [1.29, 1.82) is 0 Å². The highest BCUT2D eigenvalue weighted by Crippen LogP contribution is 2.22. The van der Waals surface area contributed by atoms with Gasteiger partial charge in [-0.2, -0.15) is 0 Å². The lowest BCUT2D eigenvalue weighted by Gasteiger charge is -2.09. The predicted molar refractivity (Wildman–Crippen MR) is 55.5 cm³/mol. The number of hydrogen-bond acceptors (Lipinski definition) is 3. The third kappa shape index (κ3) is 3.46. The molecular weight excluding hydrogens is 206 g/mol. The van der Waals surface area contributed by atoms with Gasteiger partial charge in [0.05, 0.1) is 12.3 Å². The van der Waals surface area contributed by atoms with Crippen LogP contribution in [0, 0.1) is 6.92 Å². The average molecular weight is 219 g/mol. The summed E-state index contributed by atoms with van der Waals surface area (Å²) in [7, 11) is -3.11. The molecule has 1 aromatic rings. The van der Waals surface area contributed by atoms with Crippen molar-refractivity contribution < 1.29 is 8.42 Å². The van der Waals surface area contributed by atoms with Crippen LogP contribution in [-0.2, 0) is 10.0 Å². The Bertz CT molecular complexity index is 381. The van der Waals surface area contributed by atoms with Crippen LogP contribution in [0.3, 0.4) is 0 Å². The lowest BCUT2D eigenvalue weighted by Crippen LogP contribution is -2.24. The molecule has 0 fully saturated rings. The van der Waals surface area contributed by atoms with E-state index in [2.05, 4.69) is 4.72 Å². The van der Waals surface area contributed by atoms with E-state index in [0.717, 1.165) is 4.88 Å². The molecule has 1 unspecified atom stereocenters. The maximum atomic E-state index is 10.9. The first kappa shape index (κ1) is 10.7. The summed E-state index contributed by atoms with van der Waals surface area (Å²) in [4.78, 5) is 2.24. The van der Waals surface area contributed by atoms with Crippen molar-refractivity contribution in [1.82, 2.24) is 4.72 Å². The van der Waals surface area contributed by atoms with E-state index >= 15 is 0 Å². The van der Waals surface area contributed by atoms with Gasteiger partial charge in [0.2, 0.25) is 10.0 Å². The van der Waals surface area contributed by atoms with Crippen LogP contribution in [0.2, 0.25) is 0 Å². The van der Waals surface area contributed by atoms with Crippen molar-refractivity contribution in [3.63, 3.8) is 0 Å². The SMILES string of the molecule is Cc1ccc(C(C)NS(C)(=O)=O)s1. The van der Waals surface area contributed by atoms with Gasteiger partial charge in [-0.15, -0.1) is 11.3 Å². The first-order valence-electron chi connectivity index (χ1n) is 3.92. The first-order chi connectivity index (χ1) is 5.88. The maximum Gasteiger partial charge on any atom is 0.209 e. The zero-order valence-corrected chi connectivity index (χ0v) is 9.50. The highest BCUT2D eigenvalue weighted by molar-refractivity contribution is 7.88. The van der Waals surface area contributed by atoms with Gasteiger partial charge in [-0.1, -0.05) is 0 Å². The highest BCUT2D eigenvalue weighted by atomic mass is 32.2. The number of aryl methyl sites for hydroxylation is 1. The smallest absolute Gasteiger partial charge is 0.209 e. The Morgan fingerprint density at radius 3 is 2.46 bits per heavy atom. The molecule has 0 saturated carbocycles. The number of hydrogen-bond donors (Lipinski definition) is 1. The van der Waals surface area contributed by atoms with Gasteiger partial charge in [0.25, 0.3) is 0 Å². The summed E-state index contributed by atoms with van der Waals surface area (Å²) in [5, 5.41) is 0. The number of thiophene rings is 1. The van der Waals surface area contributed by atoms with Crippen LogP contribution in [0.4, 0.5) is 0 Å². The van der Waals surface area contributed by atoms with Gasteiger partial charge in [-0.05, 0) is 26.0 Å². The topological polar surface area (TPSA) is 46.2 Å². The first-order valence-corrected chi connectivity index (χ1v) is 6.63. The van der Waals surface area contributed by atoms with E-state index in [1.807, 2.05) is 26.0 Å². The highest BCUT2D eigenvalue weighted by Gasteiger charge is 2.11. The molecule has 0 aliphatic heterocycles. The molecule has 0 amide bonds. The summed E-state index contributed by atoms with van der Waals surface area (Å²) >= 11 is 1.61. The lowest BCUT2D eigenvalue weighted by molar-refractivity contribution is 0.575. The third-order valence-corrected chi connectivity index (χ3v) is 3.54. The van der Waals surface area contributed by atoms with Crippen molar-refractivity contribution in [3.05, 3.63) is 21.9 Å². The minimum Gasteiger partial charge on any atom is -0.213 e. The average Bonchev–Trinajstić information content (AvgIpc) is 2.31. The molecule has 0 spiro atoms. The molecule has 5 heteroatoms. The zero-order chi connectivity index (χ0) is 10.1. The van der Waals surface area contributed by atoms with Crippen molar-refractivity contribution in [2.75, 3.05) is 6.26 Å². The second kappa shape index (κ2) is 3.77. The Morgan fingerprint density at radius 1 is 1.46 bits per heavy atom. The Labute approximate surface area is 82.8 Å². The normalized spacial score (nSPS) is 14.4. The van der Waals surface area contributed by atoms with Crippen LogP contribution >= 0.6 is 11.3 Å². The standard InChI is InChI=1S/C8H13NO2S2/c1-6-4-5-8(12-6)7(2)9-13(3,10)11/h4-5,7,9H,1-3H3. The van der Waals surface area contributed by atoms with E-state index in [4.69, 9.17) is 0 Å². The van der Waals surface area contributed by atoms with Crippen LogP contribution in [-0.4, -0.2) is 14.7 Å². The third-order valence-electron chi connectivity index (χ3n) is 1.58. The van der Waals surface area contributed by atoms with Crippen molar-refractivity contribution >= 4 is 21.4 Å². The van der Waals surface area contributed by atoms with Gasteiger partial charge in [0.1, 0.15) is 0 Å². The second-order valence-electron chi connectivity index (χ2n) is 3.06. The van der Waals surface area contributed by atoms with Crippen molar-refractivity contribution in [3.8, 4) is 0 Å². The zero-order valence-electron chi connectivity index (χ0n) is 7.87. The summed E-state index contributed by atoms with van der Waals surface area (Å²) in [5.41, 5.74) is 0. The molecule has 74 valence electrons. The molecule has 0 aliphatic carbocycles. The fraction of sp³-hybridized carbons (Fsp3) is 0.500. The molecule has 0 aliphatic rings. The Kier molecular flexibility index (Phi) is 3.10. The lowest BCUT2D eigenvalue weighted by atomic mass is 10.3. The quantitative estimate of drug-likeness (QED) is 0.840. The van der Waals surface area contributed by atoms with Crippen molar-refractivity contribution in [2.24, 2.45) is 0 Å². The van der Waals surface area contributed by atoms with E-state index in [9.17, 15) is 8.42 Å². The summed E-state index contributed by atoms with van der Waals surface area (Å²) in [6, 6.07) is 3.80. The van der Waals surface area contributed by atoms with Gasteiger partial charge in [-0.25, -0.2) is 13.1 Å². The van der Waals surface area contributed by atoms with Crippen LogP contribution in [0.1, 0.15) is 22.7 Å². The summed E-state index contributed by atoms with van der Waals surface area (Å²) in [6.45, 7) is 3.84. The van der Waals surface area contributed by atoms with Gasteiger partial charge in [0, 0.05) is 9.75 Å². The number of sulfonamides is 1. The largest absolute Gasteiger partial charge is 0.213 e. The molecule has 13 heavy (non-hydrogen) atoms. The molecule has 1 atom stereocenters. The van der Waals surface area contributed by atoms with Crippen LogP contribution < -0.4 is 4.72 Å². The van der Waals surface area contributed by atoms with E-state index in [1.165, 1.54) is 11.1 Å². The molecule has 3 nitrogen and oxygen atoms in total. The maximum absolute atomic E-state index is 10.9. The molecule has 1 rings (SSSR count). The van der Waals surface area contributed by atoms with Gasteiger partial charge in [0.15, 0.2) is 0 Å². The molecule has 0 aromatic carbocycles. The predicted octanol–water partition coefficient (Wildman–Crippen LogP) is 1.67. The van der Waals surface area contributed by atoms with E-state index in [-0.39, 0.29) is 6.04 Å². The molecule has 0 bridgehead atoms. The van der Waals surface area contributed by atoms with Gasteiger partial charge in [-0.3, -0.25) is 0 Å². The molecule has 1 heterocycles. The molecular formula is C8H13NO2S2. The minimum absolute atomic E-state index is 0.131. The molecule has 0 radical (unpaired) electrons. The monoisotopic (exact) mass is 219 g/mol. The minimum atomic E-state index is -3.11. The van der Waals surface area contributed by atoms with Gasteiger partial charge >= 0.3 is 0 Å². The fourth-order valence-corrected chi connectivity index (χ4v) is 2.79. The molecule has 1 aromatic heterocycles. The van der Waals surface area contributed by atoms with Crippen molar-refractivity contribution in [2.45, 2.75) is 19.9 Å². The van der Waals surface area contributed by atoms with Crippen LogP contribution in [0.15, 0.2) is 12.1 Å². The fourth-order valence-electron chi connectivity index (χ4n) is 1.07. The van der Waals surface area contributed by atoms with Gasteiger partial charge < -0.3 is 0 Å². The van der Waals surface area contributed by atoms with Crippen LogP contribution in [0.25, 0.3) is 0 Å². The Hall–Kier alpha value is -0.390.